The molecular weight excluding hydrogens is 527 g/mol. The lowest BCUT2D eigenvalue weighted by atomic mass is 10.0. The highest BCUT2D eigenvalue weighted by molar-refractivity contribution is 5.88. The molecule has 164 valence electrons. The van der Waals surface area contributed by atoms with E-state index in [4.69, 9.17) is 5.11 Å². The van der Waals surface area contributed by atoms with Crippen LogP contribution in [0.5, 0.6) is 5.75 Å². The van der Waals surface area contributed by atoms with Crippen molar-refractivity contribution in [2.75, 3.05) is 0 Å². The molecule has 3 nitrogen and oxygen atoms in total. The van der Waals surface area contributed by atoms with Gasteiger partial charge in [0.1, 0.15) is 5.56 Å². The van der Waals surface area contributed by atoms with Gasteiger partial charge in [0.05, 0.1) is 0 Å². The van der Waals surface area contributed by atoms with Crippen molar-refractivity contribution in [3.05, 3.63) is 95.6 Å². The Bertz CT molecular complexity index is 1040. The molecule has 0 atom stereocenters. The first kappa shape index (κ1) is 24.6. The second-order valence-corrected chi connectivity index (χ2v) is 9.89. The number of hydrogen-bond donors (Lipinski definition) is 1. The molecule has 31 heavy (non-hydrogen) atoms. The Balaban J connectivity index is 0.000000225. The minimum absolute atomic E-state index is 0.0167. The van der Waals surface area contributed by atoms with Gasteiger partial charge in [-0.3, -0.25) is 0 Å². The molecule has 0 saturated carbocycles. The maximum absolute atomic E-state index is 12.6. The lowest BCUT2D eigenvalue weighted by molar-refractivity contribution is -0.597. The number of rotatable bonds is 4. The molecule has 0 aliphatic heterocycles. The first-order valence-electron chi connectivity index (χ1n) is 9.10. The van der Waals surface area contributed by atoms with Crippen molar-refractivity contribution in [1.82, 2.24) is 0 Å². The molecular formula is C23H19F4IO3. The summed E-state index contributed by atoms with van der Waals surface area (Å²) in [5, 5.41) is 18.5. The van der Waals surface area contributed by atoms with E-state index >= 15 is 0 Å². The molecule has 0 unspecified atom stereocenters. The number of halogens is 5. The molecule has 0 saturated heterocycles. The highest BCUT2D eigenvalue weighted by Gasteiger charge is 2.25. The zero-order valence-electron chi connectivity index (χ0n) is 16.8. The number of hydrogen-bond acceptors (Lipinski definition) is 2. The summed E-state index contributed by atoms with van der Waals surface area (Å²) in [6.45, 7) is 6.62. The predicted molar refractivity (Wildman–Crippen MR) is 102 cm³/mol. The fourth-order valence-electron chi connectivity index (χ4n) is 2.43. The summed E-state index contributed by atoms with van der Waals surface area (Å²) < 4.78 is 53.0. The van der Waals surface area contributed by atoms with Crippen LogP contribution in [-0.4, -0.2) is 11.1 Å². The van der Waals surface area contributed by atoms with E-state index in [0.29, 0.717) is 5.92 Å². The van der Waals surface area contributed by atoms with Crippen molar-refractivity contribution in [2.45, 2.75) is 26.7 Å². The van der Waals surface area contributed by atoms with Crippen LogP contribution in [0.3, 0.4) is 0 Å². The fraction of sp³-hybridized carbons (Fsp3) is 0.174. The van der Waals surface area contributed by atoms with Crippen LogP contribution in [0.25, 0.3) is 0 Å². The summed E-state index contributed by atoms with van der Waals surface area (Å²) in [4.78, 5) is 10.1. The summed E-state index contributed by atoms with van der Waals surface area (Å²) in [6, 6.07) is 18.1. The normalized spacial score (nSPS) is 10.6. The molecule has 0 spiro atoms. The van der Waals surface area contributed by atoms with E-state index in [1.807, 2.05) is 0 Å². The minimum Gasteiger partial charge on any atom is -0.868 e. The molecule has 0 radical (unpaired) electrons. The van der Waals surface area contributed by atoms with E-state index in [2.05, 4.69) is 69.3 Å². The van der Waals surface area contributed by atoms with Gasteiger partial charge in [-0.1, -0.05) is 43.7 Å². The molecule has 0 fully saturated rings. The Morgan fingerprint density at radius 3 is 1.65 bits per heavy atom. The van der Waals surface area contributed by atoms with E-state index < -0.39 is 40.6 Å². The van der Waals surface area contributed by atoms with Gasteiger partial charge in [0.15, 0.2) is 30.4 Å². The van der Waals surface area contributed by atoms with Crippen LogP contribution in [0.15, 0.2) is 48.5 Å². The molecule has 0 aliphatic carbocycles. The van der Waals surface area contributed by atoms with Crippen molar-refractivity contribution >= 4 is 5.97 Å². The number of benzene rings is 3. The molecule has 0 heterocycles. The van der Waals surface area contributed by atoms with Crippen LogP contribution in [0.1, 0.15) is 41.3 Å². The van der Waals surface area contributed by atoms with Gasteiger partial charge in [-0.2, -0.15) is 0 Å². The standard InChI is InChI=1S/C16H18I.C7H2F4O3/c1-12(2)14-6-10-16(11-7-14)17-15-8-4-13(3)5-9-15;8-2-1(7(13)14)3(9)5(11)6(12)4(2)10/h4-12H,1-3H3;12H,(H,13,14)/q+1;/p-1. The first-order chi connectivity index (χ1) is 14.5. The van der Waals surface area contributed by atoms with Crippen molar-refractivity contribution in [3.63, 3.8) is 0 Å². The quantitative estimate of drug-likeness (QED) is 0.311. The maximum Gasteiger partial charge on any atom is 0.357 e. The monoisotopic (exact) mass is 546 g/mol. The van der Waals surface area contributed by atoms with E-state index in [-0.39, 0.29) is 21.2 Å². The van der Waals surface area contributed by atoms with E-state index in [1.165, 1.54) is 18.3 Å². The van der Waals surface area contributed by atoms with Crippen LogP contribution in [0.4, 0.5) is 17.6 Å². The summed E-state index contributed by atoms with van der Waals surface area (Å²) in [6.07, 6.45) is 0. The molecule has 0 aliphatic rings. The highest BCUT2D eigenvalue weighted by atomic mass is 127. The lowest BCUT2D eigenvalue weighted by Gasteiger charge is -2.11. The number of aryl methyl sites for hydroxylation is 1. The highest BCUT2D eigenvalue weighted by Crippen LogP contribution is 2.26. The Kier molecular flexibility index (Phi) is 8.43. The number of carboxylic acid groups (broad SMARTS) is 1. The van der Waals surface area contributed by atoms with Gasteiger partial charge in [-0.05, 0) is 48.4 Å². The molecule has 0 aromatic heterocycles. The van der Waals surface area contributed by atoms with Crippen LogP contribution in [0.2, 0.25) is 0 Å². The number of aromatic carboxylic acids is 1. The maximum atomic E-state index is 12.6. The summed E-state index contributed by atoms with van der Waals surface area (Å²) >= 11 is -0.0167. The first-order valence-corrected chi connectivity index (χ1v) is 11.3. The van der Waals surface area contributed by atoms with E-state index in [1.54, 1.807) is 0 Å². The third-order valence-corrected chi connectivity index (χ3v) is 6.89. The van der Waals surface area contributed by atoms with Gasteiger partial charge in [-0.25, -0.2) is 22.4 Å². The van der Waals surface area contributed by atoms with E-state index in [9.17, 15) is 27.5 Å². The van der Waals surface area contributed by atoms with E-state index in [0.717, 1.165) is 0 Å². The molecule has 3 aromatic carbocycles. The third-order valence-electron chi connectivity index (χ3n) is 4.20. The third kappa shape index (κ3) is 6.19. The smallest absolute Gasteiger partial charge is 0.357 e. The van der Waals surface area contributed by atoms with Gasteiger partial charge < -0.3 is 10.2 Å². The van der Waals surface area contributed by atoms with Crippen LogP contribution >= 0.6 is 0 Å². The minimum atomic E-state index is -2.25. The van der Waals surface area contributed by atoms with Crippen molar-refractivity contribution in [2.24, 2.45) is 0 Å². The Labute approximate surface area is 187 Å². The second kappa shape index (κ2) is 10.6. The zero-order valence-corrected chi connectivity index (χ0v) is 19.0. The Morgan fingerprint density at radius 1 is 0.839 bits per heavy atom. The Morgan fingerprint density at radius 2 is 1.26 bits per heavy atom. The second-order valence-electron chi connectivity index (χ2n) is 6.86. The molecule has 8 heteroatoms. The zero-order chi connectivity index (χ0) is 23.3. The molecule has 3 aromatic rings. The molecule has 0 amide bonds. The average Bonchev–Trinajstić information content (AvgIpc) is 2.73. The molecule has 1 N–H and O–H groups in total. The number of carboxylic acids is 1. The van der Waals surface area contributed by atoms with Crippen LogP contribution < -0.4 is 26.3 Å². The fourth-order valence-corrected chi connectivity index (χ4v) is 4.59. The topological polar surface area (TPSA) is 60.4 Å². The van der Waals surface area contributed by atoms with Crippen molar-refractivity contribution in [1.29, 1.82) is 0 Å². The molecule has 3 rings (SSSR count). The van der Waals surface area contributed by atoms with Crippen LogP contribution in [0, 0.1) is 37.3 Å². The molecule has 0 bridgehead atoms. The predicted octanol–water partition coefficient (Wildman–Crippen LogP) is 2.26. The van der Waals surface area contributed by atoms with Gasteiger partial charge in [0.25, 0.3) is 0 Å². The van der Waals surface area contributed by atoms with Crippen molar-refractivity contribution in [3.8, 4) is 5.75 Å². The van der Waals surface area contributed by atoms with Gasteiger partial charge >= 0.3 is 27.2 Å². The summed E-state index contributed by atoms with van der Waals surface area (Å²) in [7, 11) is 0. The van der Waals surface area contributed by atoms with Crippen molar-refractivity contribution < 1.29 is 53.8 Å². The van der Waals surface area contributed by atoms with Gasteiger partial charge in [0.2, 0.25) is 0 Å². The summed E-state index contributed by atoms with van der Waals surface area (Å²) in [5.41, 5.74) is 0.953. The van der Waals surface area contributed by atoms with Crippen LogP contribution in [-0.2, 0) is 0 Å². The van der Waals surface area contributed by atoms with Gasteiger partial charge in [0, 0.05) is 0 Å². The summed E-state index contributed by atoms with van der Waals surface area (Å²) in [5.74, 6) is -12.6. The van der Waals surface area contributed by atoms with Gasteiger partial charge in [-0.15, -0.1) is 0 Å². The lowest BCUT2D eigenvalue weighted by Crippen LogP contribution is -3.61. The Hall–Kier alpha value is -2.62. The average molecular weight is 546 g/mol. The largest absolute Gasteiger partial charge is 0.868 e. The number of carbonyl (C=O) groups is 1. The SMILES string of the molecule is Cc1ccc([I+]c2ccc(C(C)C)cc2)cc1.O=C(O)c1c(F)c(F)c([O-])c(F)c1F.